The minimum Gasteiger partial charge on any atom is -0.497 e. The lowest BCUT2D eigenvalue weighted by molar-refractivity contribution is 0.414. The van der Waals surface area contributed by atoms with Crippen LogP contribution in [0.4, 0.5) is 0 Å². The van der Waals surface area contributed by atoms with Crippen molar-refractivity contribution in [3.8, 4) is 5.75 Å². The highest BCUT2D eigenvalue weighted by molar-refractivity contribution is 8.06. The third-order valence-electron chi connectivity index (χ3n) is 3.66. The van der Waals surface area contributed by atoms with E-state index in [2.05, 4.69) is 60.0 Å². The second-order valence-corrected chi connectivity index (χ2v) is 7.53. The number of aryl methyl sites for hydroxylation is 1. The summed E-state index contributed by atoms with van der Waals surface area (Å²) in [5, 5.41) is 4.46. The monoisotopic (exact) mass is 311 g/mol. The summed E-state index contributed by atoms with van der Waals surface area (Å²) in [5.74, 6) is 4.86. The molecule has 0 spiro atoms. The van der Waals surface area contributed by atoms with Crippen molar-refractivity contribution in [2.75, 3.05) is 30.9 Å². The Morgan fingerprint density at radius 1 is 1.30 bits per heavy atom. The van der Waals surface area contributed by atoms with Gasteiger partial charge in [0.1, 0.15) is 5.75 Å². The topological polar surface area (TPSA) is 21.3 Å². The van der Waals surface area contributed by atoms with Crippen molar-refractivity contribution in [3.05, 3.63) is 29.8 Å². The standard InChI is InChI=1S/C16H25NOS2/c1-3-17-15(16-12-19-10-11-20-16)9-6-13-4-7-14(18-2)8-5-13/h4-5,7-8,15-17H,3,6,9-12H2,1-2H3. The molecule has 4 heteroatoms. The van der Waals surface area contributed by atoms with Gasteiger partial charge in [-0.25, -0.2) is 0 Å². The molecular weight excluding hydrogens is 286 g/mol. The van der Waals surface area contributed by atoms with E-state index < -0.39 is 0 Å². The first kappa shape index (κ1) is 16.1. The van der Waals surface area contributed by atoms with Crippen molar-refractivity contribution in [2.45, 2.75) is 31.1 Å². The van der Waals surface area contributed by atoms with E-state index in [1.165, 1.54) is 29.2 Å². The van der Waals surface area contributed by atoms with Gasteiger partial charge in [0.05, 0.1) is 7.11 Å². The summed E-state index contributed by atoms with van der Waals surface area (Å²) in [4.78, 5) is 0. The predicted molar refractivity (Wildman–Crippen MR) is 92.4 cm³/mol. The highest BCUT2D eigenvalue weighted by Gasteiger charge is 2.23. The fourth-order valence-electron chi connectivity index (χ4n) is 2.53. The minimum atomic E-state index is 0.639. The van der Waals surface area contributed by atoms with Gasteiger partial charge in [0.2, 0.25) is 0 Å². The average molecular weight is 312 g/mol. The molecule has 1 saturated heterocycles. The predicted octanol–water partition coefficient (Wildman–Crippen LogP) is 3.45. The summed E-state index contributed by atoms with van der Waals surface area (Å²) in [6.07, 6.45) is 2.36. The lowest BCUT2D eigenvalue weighted by atomic mass is 10.0. The molecule has 0 radical (unpaired) electrons. The smallest absolute Gasteiger partial charge is 0.118 e. The molecule has 1 aliphatic heterocycles. The van der Waals surface area contributed by atoms with E-state index in [4.69, 9.17) is 4.74 Å². The summed E-state index contributed by atoms with van der Waals surface area (Å²) in [5.41, 5.74) is 1.40. The van der Waals surface area contributed by atoms with Gasteiger partial charge < -0.3 is 10.1 Å². The maximum Gasteiger partial charge on any atom is 0.118 e. The van der Waals surface area contributed by atoms with Crippen LogP contribution in [0.1, 0.15) is 18.9 Å². The third-order valence-corrected chi connectivity index (χ3v) is 6.58. The van der Waals surface area contributed by atoms with Crippen molar-refractivity contribution in [1.82, 2.24) is 5.32 Å². The maximum atomic E-state index is 5.21. The Morgan fingerprint density at radius 3 is 2.70 bits per heavy atom. The number of ether oxygens (including phenoxy) is 1. The Balaban J connectivity index is 1.86. The molecule has 2 unspecified atom stereocenters. The van der Waals surface area contributed by atoms with Gasteiger partial charge >= 0.3 is 0 Å². The number of hydrogen-bond donors (Lipinski definition) is 1. The molecule has 0 aliphatic carbocycles. The molecular formula is C16H25NOS2. The second-order valence-electron chi connectivity index (χ2n) is 5.04. The molecule has 1 aliphatic rings. The van der Waals surface area contributed by atoms with Gasteiger partial charge in [-0.15, -0.1) is 0 Å². The first-order valence-corrected chi connectivity index (χ1v) is 9.59. The van der Waals surface area contributed by atoms with Gasteiger partial charge in [0.15, 0.2) is 0 Å². The van der Waals surface area contributed by atoms with Gasteiger partial charge in [-0.05, 0) is 37.1 Å². The van der Waals surface area contributed by atoms with Gasteiger partial charge in [0.25, 0.3) is 0 Å². The van der Waals surface area contributed by atoms with Crippen molar-refractivity contribution in [1.29, 1.82) is 0 Å². The van der Waals surface area contributed by atoms with E-state index in [0.717, 1.165) is 24.0 Å². The quantitative estimate of drug-likeness (QED) is 0.832. The highest BCUT2D eigenvalue weighted by atomic mass is 32.2. The molecule has 1 fully saturated rings. The molecule has 0 bridgehead atoms. The molecule has 20 heavy (non-hydrogen) atoms. The Morgan fingerprint density at radius 2 is 2.10 bits per heavy atom. The minimum absolute atomic E-state index is 0.639. The molecule has 112 valence electrons. The van der Waals surface area contributed by atoms with Gasteiger partial charge in [-0.2, -0.15) is 23.5 Å². The van der Waals surface area contributed by atoms with E-state index in [-0.39, 0.29) is 0 Å². The van der Waals surface area contributed by atoms with Gasteiger partial charge in [0, 0.05) is 28.6 Å². The van der Waals surface area contributed by atoms with Crippen molar-refractivity contribution in [3.63, 3.8) is 0 Å². The molecule has 0 saturated carbocycles. The lowest BCUT2D eigenvalue weighted by Crippen LogP contribution is -2.41. The number of benzene rings is 1. The zero-order valence-electron chi connectivity index (χ0n) is 12.4. The van der Waals surface area contributed by atoms with Crippen LogP contribution >= 0.6 is 23.5 Å². The van der Waals surface area contributed by atoms with Crippen molar-refractivity contribution < 1.29 is 4.74 Å². The van der Waals surface area contributed by atoms with E-state index in [1.54, 1.807) is 7.11 Å². The third kappa shape index (κ3) is 4.90. The van der Waals surface area contributed by atoms with Crippen LogP contribution < -0.4 is 10.1 Å². The fourth-order valence-corrected chi connectivity index (χ4v) is 5.46. The molecule has 2 nitrogen and oxygen atoms in total. The molecule has 1 aromatic rings. The van der Waals surface area contributed by atoms with Gasteiger partial charge in [-0.1, -0.05) is 19.1 Å². The Kier molecular flexibility index (Phi) is 7.11. The molecule has 0 amide bonds. The average Bonchev–Trinajstić information content (AvgIpc) is 2.53. The summed E-state index contributed by atoms with van der Waals surface area (Å²) in [7, 11) is 1.72. The first-order chi connectivity index (χ1) is 9.83. The second kappa shape index (κ2) is 8.85. The number of nitrogens with one attached hydrogen (secondary N) is 1. The van der Waals surface area contributed by atoms with Crippen LogP contribution in [0.3, 0.4) is 0 Å². The van der Waals surface area contributed by atoms with Crippen LogP contribution in [0.2, 0.25) is 0 Å². The summed E-state index contributed by atoms with van der Waals surface area (Å²) >= 11 is 4.26. The van der Waals surface area contributed by atoms with Crippen LogP contribution in [0.5, 0.6) is 5.75 Å². The van der Waals surface area contributed by atoms with Crippen LogP contribution in [-0.2, 0) is 6.42 Å². The van der Waals surface area contributed by atoms with Crippen LogP contribution in [0.25, 0.3) is 0 Å². The van der Waals surface area contributed by atoms with Gasteiger partial charge in [-0.3, -0.25) is 0 Å². The van der Waals surface area contributed by atoms with Crippen molar-refractivity contribution >= 4 is 23.5 Å². The zero-order valence-corrected chi connectivity index (χ0v) is 14.1. The Bertz CT molecular complexity index is 377. The van der Waals surface area contributed by atoms with E-state index >= 15 is 0 Å². The number of thioether (sulfide) groups is 2. The zero-order chi connectivity index (χ0) is 14.2. The van der Waals surface area contributed by atoms with Crippen LogP contribution in [0, 0.1) is 0 Å². The molecule has 1 N–H and O–H groups in total. The Labute approximate surface area is 131 Å². The van der Waals surface area contributed by atoms with E-state index in [9.17, 15) is 0 Å². The highest BCUT2D eigenvalue weighted by Crippen LogP contribution is 2.28. The number of methoxy groups -OCH3 is 1. The molecule has 0 aromatic heterocycles. The molecule has 2 atom stereocenters. The summed E-state index contributed by atoms with van der Waals surface area (Å²) in [6, 6.07) is 9.13. The van der Waals surface area contributed by atoms with Crippen LogP contribution in [-0.4, -0.2) is 42.2 Å². The maximum absolute atomic E-state index is 5.21. The van der Waals surface area contributed by atoms with E-state index in [1.807, 2.05) is 0 Å². The molecule has 1 heterocycles. The Hall–Kier alpha value is -0.320. The normalized spacial score (nSPS) is 20.6. The SMILES string of the molecule is CCNC(CCc1ccc(OC)cc1)C1CSCCS1. The molecule has 2 rings (SSSR count). The van der Waals surface area contributed by atoms with Crippen molar-refractivity contribution in [2.24, 2.45) is 0 Å². The summed E-state index contributed by atoms with van der Waals surface area (Å²) < 4.78 is 5.21. The molecule has 1 aromatic carbocycles. The largest absolute Gasteiger partial charge is 0.497 e. The number of rotatable bonds is 7. The van der Waals surface area contributed by atoms with Crippen LogP contribution in [0.15, 0.2) is 24.3 Å². The van der Waals surface area contributed by atoms with E-state index in [0.29, 0.717) is 6.04 Å². The fraction of sp³-hybridized carbons (Fsp3) is 0.625. The lowest BCUT2D eigenvalue weighted by Gasteiger charge is -2.30. The first-order valence-electron chi connectivity index (χ1n) is 7.39. The summed E-state index contributed by atoms with van der Waals surface area (Å²) in [6.45, 7) is 3.27. The number of hydrogen-bond acceptors (Lipinski definition) is 4.